The molecule has 3 fully saturated rings. The van der Waals surface area contributed by atoms with Crippen LogP contribution >= 0.6 is 0 Å². The molecule has 0 aliphatic carbocycles. The van der Waals surface area contributed by atoms with Gasteiger partial charge in [0.2, 0.25) is 0 Å². The van der Waals surface area contributed by atoms with Crippen molar-refractivity contribution >= 4 is 46.2 Å². The molecule has 1 aromatic carbocycles. The molecule has 0 amide bonds. The van der Waals surface area contributed by atoms with Crippen LogP contribution in [0.1, 0.15) is 23.2 Å². The van der Waals surface area contributed by atoms with E-state index in [9.17, 15) is 17.7 Å². The number of alkyl halides is 3. The van der Waals surface area contributed by atoms with Crippen molar-refractivity contribution in [3.63, 3.8) is 0 Å². The molecule has 41 heavy (non-hydrogen) atoms. The molecule has 1 spiro atoms. The quantitative estimate of drug-likeness (QED) is 0.254. The van der Waals surface area contributed by atoms with E-state index in [0.717, 1.165) is 12.5 Å². The lowest BCUT2D eigenvalue weighted by Gasteiger charge is -2.55. The van der Waals surface area contributed by atoms with Gasteiger partial charge < -0.3 is 24.4 Å². The minimum absolute atomic E-state index is 0.0948. The van der Waals surface area contributed by atoms with Gasteiger partial charge in [-0.1, -0.05) is 6.07 Å². The van der Waals surface area contributed by atoms with E-state index in [1.807, 2.05) is 30.0 Å². The highest BCUT2D eigenvalue weighted by Crippen LogP contribution is 2.44. The summed E-state index contributed by atoms with van der Waals surface area (Å²) in [4.78, 5) is 15.2. The van der Waals surface area contributed by atoms with Crippen LogP contribution in [-0.2, 0) is 28.6 Å². The predicted molar refractivity (Wildman–Crippen MR) is 153 cm³/mol. The zero-order chi connectivity index (χ0) is 28.9. The molecule has 0 radical (unpaired) electrons. The average Bonchev–Trinajstić information content (AvgIpc) is 3.23. The molecule has 3 aromatic rings. The third-order valence-corrected chi connectivity index (χ3v) is 9.86. The van der Waals surface area contributed by atoms with E-state index < -0.39 is 22.9 Å². The van der Waals surface area contributed by atoms with E-state index in [1.165, 1.54) is 6.07 Å². The average molecular weight is 591 g/mol. The van der Waals surface area contributed by atoms with Crippen molar-refractivity contribution in [2.24, 2.45) is 4.99 Å². The van der Waals surface area contributed by atoms with Crippen LogP contribution in [0.25, 0.3) is 5.65 Å². The van der Waals surface area contributed by atoms with Crippen LogP contribution in [-0.4, -0.2) is 99.3 Å². The smallest absolute Gasteiger partial charge is 0.416 e. The third-order valence-electron chi connectivity index (χ3n) is 7.85. The fourth-order valence-electron chi connectivity index (χ4n) is 5.61. The first-order chi connectivity index (χ1) is 19.5. The van der Waals surface area contributed by atoms with E-state index in [0.29, 0.717) is 79.5 Å². The molecule has 1 unspecified atom stereocenters. The first kappa shape index (κ1) is 28.1. The van der Waals surface area contributed by atoms with Gasteiger partial charge in [0.1, 0.15) is 11.4 Å². The molecule has 3 aliphatic rings. The maximum Gasteiger partial charge on any atom is 0.416 e. The van der Waals surface area contributed by atoms with Crippen LogP contribution in [0.15, 0.2) is 29.3 Å². The normalized spacial score (nSPS) is 21.0. The molecule has 1 N–H and O–H groups in total. The second-order valence-corrected chi connectivity index (χ2v) is 13.0. The summed E-state index contributed by atoms with van der Waals surface area (Å²) in [5.74, 6) is 1.82. The fraction of sp³-hybridized carbons (Fsp3) is 0.519. The van der Waals surface area contributed by atoms with E-state index >= 15 is 0 Å². The van der Waals surface area contributed by atoms with E-state index in [2.05, 4.69) is 15.2 Å². The van der Waals surface area contributed by atoms with Crippen molar-refractivity contribution in [3.05, 3.63) is 41.1 Å². The van der Waals surface area contributed by atoms with Gasteiger partial charge in [0, 0.05) is 57.5 Å². The maximum absolute atomic E-state index is 14.2. The van der Waals surface area contributed by atoms with Gasteiger partial charge in [0.15, 0.2) is 22.0 Å². The lowest BCUT2D eigenvalue weighted by atomic mass is 9.93. The Morgan fingerprint density at radius 2 is 2.00 bits per heavy atom. The largest absolute Gasteiger partial charge is 0.616 e. The SMILES string of the molecule is Cc1nc2c(/N=C/N(C)C)cc(N3CCOCC3)nn2c1Nc1cccc(C(F)(F)F)c1CN1CC2(CC[S+]2[O-])C1. The van der Waals surface area contributed by atoms with E-state index in [-0.39, 0.29) is 16.9 Å². The van der Waals surface area contributed by atoms with Gasteiger partial charge in [-0.3, -0.25) is 4.90 Å². The number of ether oxygens (including phenoxy) is 1. The lowest BCUT2D eigenvalue weighted by Crippen LogP contribution is -2.71. The molecule has 0 saturated carbocycles. The first-order valence-corrected chi connectivity index (χ1v) is 14.9. The number of aryl methyl sites for hydroxylation is 1. The van der Waals surface area contributed by atoms with Gasteiger partial charge in [-0.15, -0.1) is 5.10 Å². The fourth-order valence-corrected chi connectivity index (χ4v) is 7.21. The van der Waals surface area contributed by atoms with Gasteiger partial charge >= 0.3 is 6.18 Å². The number of hydrogen-bond acceptors (Lipinski definition) is 8. The molecule has 220 valence electrons. The number of morpholine rings is 1. The Morgan fingerprint density at radius 3 is 2.63 bits per heavy atom. The summed E-state index contributed by atoms with van der Waals surface area (Å²) in [5, 5.41) is 8.10. The number of rotatable bonds is 7. The minimum atomic E-state index is -4.53. The number of fused-ring (bicyclic) bond motifs is 1. The van der Waals surface area contributed by atoms with Crippen LogP contribution in [0.4, 0.5) is 36.2 Å². The van der Waals surface area contributed by atoms with Crippen LogP contribution in [0.5, 0.6) is 0 Å². The Kier molecular flexibility index (Phi) is 7.29. The minimum Gasteiger partial charge on any atom is -0.616 e. The Morgan fingerprint density at radius 1 is 1.24 bits per heavy atom. The second kappa shape index (κ2) is 10.6. The van der Waals surface area contributed by atoms with Crippen molar-refractivity contribution in [3.8, 4) is 0 Å². The highest BCUT2D eigenvalue weighted by molar-refractivity contribution is 7.94. The number of imidazole rings is 1. The number of benzene rings is 1. The summed E-state index contributed by atoms with van der Waals surface area (Å²) in [5.41, 5.74) is 1.44. The number of aliphatic imine (C=N–C) groups is 1. The van der Waals surface area contributed by atoms with Crippen LogP contribution in [0.2, 0.25) is 0 Å². The highest BCUT2D eigenvalue weighted by Gasteiger charge is 2.59. The Hall–Kier alpha value is -3.07. The molecule has 3 aliphatic heterocycles. The predicted octanol–water partition coefficient (Wildman–Crippen LogP) is 3.56. The Bertz CT molecular complexity index is 1460. The van der Waals surface area contributed by atoms with Crippen molar-refractivity contribution < 1.29 is 22.5 Å². The number of nitrogens with one attached hydrogen (secondary N) is 1. The van der Waals surface area contributed by atoms with Crippen LogP contribution < -0.4 is 10.2 Å². The molecule has 3 saturated heterocycles. The highest BCUT2D eigenvalue weighted by atomic mass is 32.2. The second-order valence-electron chi connectivity index (χ2n) is 11.1. The third kappa shape index (κ3) is 5.33. The van der Waals surface area contributed by atoms with E-state index in [4.69, 9.17) is 14.8 Å². The maximum atomic E-state index is 14.2. The molecule has 0 bridgehead atoms. The topological polar surface area (TPSA) is 96.6 Å². The lowest BCUT2D eigenvalue weighted by molar-refractivity contribution is -0.138. The standard InChI is InChI=1S/C27H33F3N8O2S/c1-18-24(38-25(32-18)22(31-17-35(2)3)13-23(34-38)37-8-10-40-11-9-37)33-21-6-4-5-20(27(28,29)30)19(21)14-36-15-26(16-36)7-12-41(26)39/h4-6,13,17,33H,7-12,14-16H2,1-3H3/b31-17+. The van der Waals surface area contributed by atoms with Gasteiger partial charge in [0.25, 0.3) is 0 Å². The number of hydrogen-bond donors (Lipinski definition) is 1. The number of likely N-dealkylation sites (tertiary alicyclic amines) is 1. The Labute approximate surface area is 239 Å². The summed E-state index contributed by atoms with van der Waals surface area (Å²) in [6.07, 6.45) is -1.99. The van der Waals surface area contributed by atoms with E-state index in [1.54, 1.807) is 23.8 Å². The molecule has 1 atom stereocenters. The summed E-state index contributed by atoms with van der Waals surface area (Å²) in [6, 6.07) is 6.04. The molecular weight excluding hydrogens is 557 g/mol. The van der Waals surface area contributed by atoms with Crippen LogP contribution in [0.3, 0.4) is 0 Å². The molecule has 10 nitrogen and oxygen atoms in total. The van der Waals surface area contributed by atoms with Gasteiger partial charge in [0.05, 0.1) is 43.9 Å². The van der Waals surface area contributed by atoms with Gasteiger partial charge in [-0.05, 0) is 30.2 Å². The molecule has 5 heterocycles. The zero-order valence-corrected chi connectivity index (χ0v) is 24.1. The molecule has 14 heteroatoms. The van der Waals surface area contributed by atoms with Gasteiger partial charge in [-0.25, -0.2) is 9.98 Å². The first-order valence-electron chi connectivity index (χ1n) is 13.5. The summed E-state index contributed by atoms with van der Waals surface area (Å²) in [6.45, 7) is 5.43. The van der Waals surface area contributed by atoms with Crippen molar-refractivity contribution in [2.45, 2.75) is 30.8 Å². The Balaban J connectivity index is 1.40. The molecule has 2 aromatic heterocycles. The zero-order valence-electron chi connectivity index (χ0n) is 23.2. The molecule has 6 rings (SSSR count). The number of halogens is 3. The number of aromatic nitrogens is 3. The number of nitrogens with zero attached hydrogens (tertiary/aromatic N) is 7. The van der Waals surface area contributed by atoms with Crippen molar-refractivity contribution in [1.29, 1.82) is 0 Å². The monoisotopic (exact) mass is 590 g/mol. The van der Waals surface area contributed by atoms with Crippen molar-refractivity contribution in [2.75, 3.05) is 69.5 Å². The summed E-state index contributed by atoms with van der Waals surface area (Å²) < 4.78 is 61.7. The number of anilines is 3. The molecular formula is C27H33F3N8O2S. The summed E-state index contributed by atoms with van der Waals surface area (Å²) >= 11 is -0.898. The van der Waals surface area contributed by atoms with Crippen molar-refractivity contribution in [1.82, 2.24) is 24.4 Å². The van der Waals surface area contributed by atoms with Gasteiger partial charge in [-0.2, -0.15) is 17.7 Å². The van der Waals surface area contributed by atoms with Crippen LogP contribution in [0, 0.1) is 6.92 Å². The summed E-state index contributed by atoms with van der Waals surface area (Å²) in [7, 11) is 3.73.